The van der Waals surface area contributed by atoms with Gasteiger partial charge in [0.15, 0.2) is 0 Å². The van der Waals surface area contributed by atoms with E-state index in [0.717, 1.165) is 23.1 Å². The lowest BCUT2D eigenvalue weighted by Gasteiger charge is -1.97. The third-order valence-corrected chi connectivity index (χ3v) is 2.78. The SMILES string of the molecule is Cn1nnnc1SCCCCS. The molecule has 1 aromatic heterocycles. The lowest BCUT2D eigenvalue weighted by molar-refractivity contribution is 0.664. The van der Waals surface area contributed by atoms with Crippen LogP contribution in [0.4, 0.5) is 0 Å². The van der Waals surface area contributed by atoms with Crippen molar-refractivity contribution in [3.63, 3.8) is 0 Å². The number of hydrogen-bond acceptors (Lipinski definition) is 5. The van der Waals surface area contributed by atoms with Gasteiger partial charge in [-0.1, -0.05) is 11.8 Å². The van der Waals surface area contributed by atoms with Crippen molar-refractivity contribution in [2.75, 3.05) is 11.5 Å². The molecule has 0 saturated heterocycles. The van der Waals surface area contributed by atoms with Crippen LogP contribution in [-0.2, 0) is 7.05 Å². The summed E-state index contributed by atoms with van der Waals surface area (Å²) in [5.74, 6) is 2.02. The summed E-state index contributed by atoms with van der Waals surface area (Å²) in [6, 6.07) is 0. The molecule has 1 heterocycles. The fraction of sp³-hybridized carbons (Fsp3) is 0.833. The smallest absolute Gasteiger partial charge is 0.209 e. The van der Waals surface area contributed by atoms with Gasteiger partial charge in [0.2, 0.25) is 5.16 Å². The highest BCUT2D eigenvalue weighted by Gasteiger charge is 2.00. The topological polar surface area (TPSA) is 43.6 Å². The second-order valence-electron chi connectivity index (χ2n) is 2.36. The minimum Gasteiger partial charge on any atom is -0.224 e. The molecule has 0 radical (unpaired) electrons. The van der Waals surface area contributed by atoms with Crippen LogP contribution in [0.2, 0.25) is 0 Å². The minimum absolute atomic E-state index is 0.883. The molecule has 4 nitrogen and oxygen atoms in total. The van der Waals surface area contributed by atoms with Gasteiger partial charge in [-0.15, -0.1) is 5.10 Å². The fourth-order valence-electron chi connectivity index (χ4n) is 0.721. The molecule has 0 saturated carbocycles. The van der Waals surface area contributed by atoms with E-state index in [1.165, 1.54) is 6.42 Å². The zero-order valence-corrected chi connectivity index (χ0v) is 8.68. The minimum atomic E-state index is 0.883. The number of rotatable bonds is 5. The molecule has 0 atom stereocenters. The van der Waals surface area contributed by atoms with Gasteiger partial charge in [-0.05, 0) is 29.0 Å². The van der Waals surface area contributed by atoms with Crippen LogP contribution in [-0.4, -0.2) is 31.7 Å². The molecule has 0 aliphatic heterocycles. The molecule has 0 fully saturated rings. The van der Waals surface area contributed by atoms with Gasteiger partial charge < -0.3 is 0 Å². The second kappa shape index (κ2) is 5.42. The van der Waals surface area contributed by atoms with Gasteiger partial charge in [0, 0.05) is 12.8 Å². The van der Waals surface area contributed by atoms with E-state index in [-0.39, 0.29) is 0 Å². The Bertz CT molecular complexity index is 225. The Kier molecular flexibility index (Phi) is 4.45. The number of nitrogens with zero attached hydrogens (tertiary/aromatic N) is 4. The van der Waals surface area contributed by atoms with E-state index < -0.39 is 0 Å². The number of tetrazole rings is 1. The maximum atomic E-state index is 4.13. The zero-order chi connectivity index (χ0) is 8.81. The molecule has 0 unspecified atom stereocenters. The second-order valence-corrected chi connectivity index (χ2v) is 3.87. The first-order chi connectivity index (χ1) is 5.84. The van der Waals surface area contributed by atoms with E-state index in [4.69, 9.17) is 0 Å². The van der Waals surface area contributed by atoms with Crippen LogP contribution in [0, 0.1) is 0 Å². The zero-order valence-electron chi connectivity index (χ0n) is 6.97. The molecule has 0 spiro atoms. The molecule has 0 aliphatic rings. The van der Waals surface area contributed by atoms with Crippen LogP contribution >= 0.6 is 24.4 Å². The molecule has 12 heavy (non-hydrogen) atoms. The van der Waals surface area contributed by atoms with Gasteiger partial charge in [-0.2, -0.15) is 12.6 Å². The van der Waals surface area contributed by atoms with E-state index in [0.29, 0.717) is 0 Å². The first-order valence-electron chi connectivity index (χ1n) is 3.80. The average molecular weight is 204 g/mol. The summed E-state index contributed by atoms with van der Waals surface area (Å²) in [4.78, 5) is 0. The van der Waals surface area contributed by atoms with E-state index >= 15 is 0 Å². The number of thioether (sulfide) groups is 1. The van der Waals surface area contributed by atoms with Crippen LogP contribution in [0.1, 0.15) is 12.8 Å². The molecular formula is C6H12N4S2. The van der Waals surface area contributed by atoms with E-state index in [9.17, 15) is 0 Å². The van der Waals surface area contributed by atoms with Crippen LogP contribution in [0.5, 0.6) is 0 Å². The van der Waals surface area contributed by atoms with Crippen molar-refractivity contribution in [3.8, 4) is 0 Å². The van der Waals surface area contributed by atoms with Crippen LogP contribution in [0.25, 0.3) is 0 Å². The first kappa shape index (κ1) is 9.85. The van der Waals surface area contributed by atoms with Crippen molar-refractivity contribution in [3.05, 3.63) is 0 Å². The molecule has 1 rings (SSSR count). The first-order valence-corrected chi connectivity index (χ1v) is 5.42. The van der Waals surface area contributed by atoms with E-state index in [1.807, 2.05) is 7.05 Å². The highest BCUT2D eigenvalue weighted by molar-refractivity contribution is 7.99. The van der Waals surface area contributed by atoms with Gasteiger partial charge in [0.05, 0.1) is 0 Å². The lowest BCUT2D eigenvalue weighted by Crippen LogP contribution is -1.93. The quantitative estimate of drug-likeness (QED) is 0.442. The van der Waals surface area contributed by atoms with Gasteiger partial charge in [-0.3, -0.25) is 0 Å². The number of aryl methyl sites for hydroxylation is 1. The van der Waals surface area contributed by atoms with E-state index in [1.54, 1.807) is 16.4 Å². The molecule has 1 aromatic rings. The molecule has 0 amide bonds. The highest BCUT2D eigenvalue weighted by Crippen LogP contribution is 2.14. The van der Waals surface area contributed by atoms with Crippen LogP contribution in [0.3, 0.4) is 0 Å². The third-order valence-electron chi connectivity index (χ3n) is 1.36. The Balaban J connectivity index is 2.20. The Morgan fingerprint density at radius 2 is 2.33 bits per heavy atom. The molecular weight excluding hydrogens is 192 g/mol. The van der Waals surface area contributed by atoms with Crippen LogP contribution in [0.15, 0.2) is 5.16 Å². The Labute approximate surface area is 81.5 Å². The van der Waals surface area contributed by atoms with Crippen molar-refractivity contribution in [2.45, 2.75) is 18.0 Å². The Morgan fingerprint density at radius 3 is 2.92 bits per heavy atom. The molecule has 68 valence electrons. The highest BCUT2D eigenvalue weighted by atomic mass is 32.2. The maximum absolute atomic E-state index is 4.13. The average Bonchev–Trinajstić information content (AvgIpc) is 2.46. The summed E-state index contributed by atoms with van der Waals surface area (Å²) in [6.07, 6.45) is 2.32. The van der Waals surface area contributed by atoms with E-state index in [2.05, 4.69) is 28.2 Å². The van der Waals surface area contributed by atoms with Crippen molar-refractivity contribution >= 4 is 24.4 Å². The Hall–Kier alpha value is -0.230. The van der Waals surface area contributed by atoms with Gasteiger partial charge in [0.1, 0.15) is 0 Å². The molecule has 0 aromatic carbocycles. The standard InChI is InChI=1S/C6H12N4S2/c1-10-6(7-8-9-10)12-5-3-2-4-11/h11H,2-5H2,1H3. The van der Waals surface area contributed by atoms with Crippen molar-refractivity contribution in [1.82, 2.24) is 20.2 Å². The number of thiol groups is 1. The summed E-state index contributed by atoms with van der Waals surface area (Å²) < 4.78 is 1.69. The number of hydrogen-bond donors (Lipinski definition) is 1. The van der Waals surface area contributed by atoms with Gasteiger partial charge in [-0.25, -0.2) is 4.68 Å². The number of unbranched alkanes of at least 4 members (excludes halogenated alkanes) is 1. The molecule has 0 N–H and O–H groups in total. The summed E-state index contributed by atoms with van der Waals surface area (Å²) in [6.45, 7) is 0. The normalized spacial score (nSPS) is 10.5. The fourth-order valence-corrected chi connectivity index (χ4v) is 1.79. The van der Waals surface area contributed by atoms with Crippen molar-refractivity contribution in [1.29, 1.82) is 0 Å². The monoisotopic (exact) mass is 204 g/mol. The third kappa shape index (κ3) is 3.02. The van der Waals surface area contributed by atoms with Gasteiger partial charge in [0.25, 0.3) is 0 Å². The van der Waals surface area contributed by atoms with Crippen molar-refractivity contribution in [2.24, 2.45) is 7.05 Å². The molecule has 0 bridgehead atoms. The summed E-state index contributed by atoms with van der Waals surface area (Å²) >= 11 is 5.82. The summed E-state index contributed by atoms with van der Waals surface area (Å²) in [7, 11) is 1.85. The van der Waals surface area contributed by atoms with Crippen LogP contribution < -0.4 is 0 Å². The van der Waals surface area contributed by atoms with Crippen molar-refractivity contribution < 1.29 is 0 Å². The molecule has 0 aliphatic carbocycles. The summed E-state index contributed by atoms with van der Waals surface area (Å²) in [5, 5.41) is 12.0. The maximum Gasteiger partial charge on any atom is 0.209 e. The lowest BCUT2D eigenvalue weighted by atomic mass is 10.4. The molecule has 6 heteroatoms. The number of aromatic nitrogens is 4. The Morgan fingerprint density at radius 1 is 1.50 bits per heavy atom. The van der Waals surface area contributed by atoms with Gasteiger partial charge >= 0.3 is 0 Å². The predicted molar refractivity (Wildman–Crippen MR) is 52.6 cm³/mol. The predicted octanol–water partition coefficient (Wildman–Crippen LogP) is 1.01. The largest absolute Gasteiger partial charge is 0.224 e. The summed E-state index contributed by atoms with van der Waals surface area (Å²) in [5.41, 5.74) is 0.